The summed E-state index contributed by atoms with van der Waals surface area (Å²) in [6.45, 7) is 3.81. The lowest BCUT2D eigenvalue weighted by molar-refractivity contribution is -0.137. The molecule has 0 saturated heterocycles. The fraction of sp³-hybridized carbons (Fsp3) is 0.357. The van der Waals surface area contributed by atoms with Crippen LogP contribution in [0, 0.1) is 11.6 Å². The average molecular weight is 285 g/mol. The first kappa shape index (κ1) is 16.3. The maximum Gasteiger partial charge on any atom is 0.303 e. The Hall–Kier alpha value is -1.79. The van der Waals surface area contributed by atoms with Crippen LogP contribution in [0.2, 0.25) is 0 Å². The predicted octanol–water partition coefficient (Wildman–Crippen LogP) is 2.01. The Morgan fingerprint density at radius 3 is 2.75 bits per heavy atom. The molecule has 4 nitrogen and oxygen atoms in total. The van der Waals surface area contributed by atoms with Crippen molar-refractivity contribution in [2.75, 3.05) is 6.54 Å². The van der Waals surface area contributed by atoms with Crippen LogP contribution in [-0.4, -0.2) is 28.8 Å². The molecular formula is C14H17F2NO3. The molecule has 1 rings (SSSR count). The van der Waals surface area contributed by atoms with Crippen molar-refractivity contribution >= 4 is 5.97 Å². The Kier molecular flexibility index (Phi) is 6.27. The van der Waals surface area contributed by atoms with E-state index in [-0.39, 0.29) is 18.4 Å². The SMILES string of the molecule is C=CCNC(CCC(=O)O)C(O)c1cc(F)ccc1F. The minimum atomic E-state index is -1.34. The van der Waals surface area contributed by atoms with Gasteiger partial charge in [-0.1, -0.05) is 6.08 Å². The van der Waals surface area contributed by atoms with E-state index in [4.69, 9.17) is 5.11 Å². The Bertz CT molecular complexity index is 479. The lowest BCUT2D eigenvalue weighted by Gasteiger charge is -2.24. The second-order valence-electron chi connectivity index (χ2n) is 4.35. The standard InChI is InChI=1S/C14H17F2NO3/c1-2-7-17-12(5-6-13(18)19)14(20)10-8-9(15)3-4-11(10)16/h2-4,8,12,14,17,20H,1,5-7H2,(H,18,19). The van der Waals surface area contributed by atoms with Gasteiger partial charge in [-0.25, -0.2) is 8.78 Å². The summed E-state index contributed by atoms with van der Waals surface area (Å²) in [7, 11) is 0. The highest BCUT2D eigenvalue weighted by atomic mass is 19.1. The number of aliphatic hydroxyl groups excluding tert-OH is 1. The molecular weight excluding hydrogens is 268 g/mol. The van der Waals surface area contributed by atoms with Gasteiger partial charge in [-0.15, -0.1) is 6.58 Å². The summed E-state index contributed by atoms with van der Waals surface area (Å²) in [5, 5.41) is 21.7. The molecule has 2 unspecified atom stereocenters. The number of carboxylic acids is 1. The highest BCUT2D eigenvalue weighted by Gasteiger charge is 2.24. The van der Waals surface area contributed by atoms with E-state index in [1.165, 1.54) is 6.08 Å². The zero-order chi connectivity index (χ0) is 15.1. The van der Waals surface area contributed by atoms with E-state index in [1.54, 1.807) is 0 Å². The zero-order valence-corrected chi connectivity index (χ0v) is 10.9. The van der Waals surface area contributed by atoms with Gasteiger partial charge in [-0.2, -0.15) is 0 Å². The van der Waals surface area contributed by atoms with Crippen LogP contribution >= 0.6 is 0 Å². The van der Waals surface area contributed by atoms with Crippen molar-refractivity contribution in [3.63, 3.8) is 0 Å². The van der Waals surface area contributed by atoms with Gasteiger partial charge in [0.15, 0.2) is 0 Å². The smallest absolute Gasteiger partial charge is 0.303 e. The Balaban J connectivity index is 2.89. The van der Waals surface area contributed by atoms with Crippen molar-refractivity contribution in [3.8, 4) is 0 Å². The van der Waals surface area contributed by atoms with Gasteiger partial charge < -0.3 is 15.5 Å². The van der Waals surface area contributed by atoms with Crippen LogP contribution < -0.4 is 5.32 Å². The molecule has 6 heteroatoms. The Morgan fingerprint density at radius 1 is 1.45 bits per heavy atom. The number of nitrogens with one attached hydrogen (secondary N) is 1. The monoisotopic (exact) mass is 285 g/mol. The van der Waals surface area contributed by atoms with E-state index in [0.29, 0.717) is 6.54 Å². The van der Waals surface area contributed by atoms with Gasteiger partial charge >= 0.3 is 5.97 Å². The summed E-state index contributed by atoms with van der Waals surface area (Å²) < 4.78 is 26.7. The molecule has 0 aliphatic rings. The molecule has 20 heavy (non-hydrogen) atoms. The predicted molar refractivity (Wildman–Crippen MR) is 70.2 cm³/mol. The first-order chi connectivity index (χ1) is 9.45. The fourth-order valence-electron chi connectivity index (χ4n) is 1.84. The number of carboxylic acid groups (broad SMARTS) is 1. The number of benzene rings is 1. The van der Waals surface area contributed by atoms with E-state index in [1.807, 2.05) is 0 Å². The van der Waals surface area contributed by atoms with Crippen LogP contribution in [0.15, 0.2) is 30.9 Å². The molecule has 0 spiro atoms. The molecule has 0 aliphatic heterocycles. The largest absolute Gasteiger partial charge is 0.481 e. The molecule has 0 saturated carbocycles. The fourth-order valence-corrected chi connectivity index (χ4v) is 1.84. The van der Waals surface area contributed by atoms with Crippen molar-refractivity contribution in [2.24, 2.45) is 0 Å². The van der Waals surface area contributed by atoms with Gasteiger partial charge in [0.05, 0.1) is 6.10 Å². The lowest BCUT2D eigenvalue weighted by Crippen LogP contribution is -2.36. The van der Waals surface area contributed by atoms with E-state index in [9.17, 15) is 18.7 Å². The third-order valence-corrected chi connectivity index (χ3v) is 2.85. The number of hydrogen-bond acceptors (Lipinski definition) is 3. The second kappa shape index (κ2) is 7.72. The number of rotatable bonds is 8. The third kappa shape index (κ3) is 4.71. The summed E-state index contributed by atoms with van der Waals surface area (Å²) in [5.41, 5.74) is -0.197. The molecule has 1 aromatic carbocycles. The van der Waals surface area contributed by atoms with Crippen molar-refractivity contribution in [2.45, 2.75) is 25.0 Å². The third-order valence-electron chi connectivity index (χ3n) is 2.85. The minimum absolute atomic E-state index is 0.0836. The van der Waals surface area contributed by atoms with Gasteiger partial charge in [-0.05, 0) is 24.6 Å². The number of hydrogen-bond donors (Lipinski definition) is 3. The molecule has 0 bridgehead atoms. The molecule has 0 heterocycles. The molecule has 0 aromatic heterocycles. The van der Waals surface area contributed by atoms with Crippen molar-refractivity contribution in [1.82, 2.24) is 5.32 Å². The second-order valence-corrected chi connectivity index (χ2v) is 4.35. The topological polar surface area (TPSA) is 69.6 Å². The van der Waals surface area contributed by atoms with Gasteiger partial charge in [0.25, 0.3) is 0 Å². The van der Waals surface area contributed by atoms with E-state index in [0.717, 1.165) is 18.2 Å². The highest BCUT2D eigenvalue weighted by molar-refractivity contribution is 5.66. The maximum atomic E-state index is 13.6. The Morgan fingerprint density at radius 2 is 2.15 bits per heavy atom. The van der Waals surface area contributed by atoms with Crippen LogP contribution in [0.1, 0.15) is 24.5 Å². The first-order valence-corrected chi connectivity index (χ1v) is 6.14. The normalized spacial score (nSPS) is 13.8. The molecule has 2 atom stereocenters. The molecule has 0 fully saturated rings. The summed E-state index contributed by atoms with van der Waals surface area (Å²) in [6.07, 6.45) is 0.0795. The van der Waals surface area contributed by atoms with Crippen LogP contribution in [0.4, 0.5) is 8.78 Å². The quantitative estimate of drug-likeness (QED) is 0.639. The van der Waals surface area contributed by atoms with Gasteiger partial charge in [-0.3, -0.25) is 4.79 Å². The summed E-state index contributed by atoms with van der Waals surface area (Å²) in [6, 6.07) is 2.08. The lowest BCUT2D eigenvalue weighted by atomic mass is 9.97. The number of halogens is 2. The van der Waals surface area contributed by atoms with Gasteiger partial charge in [0.1, 0.15) is 11.6 Å². The van der Waals surface area contributed by atoms with E-state index < -0.39 is 29.7 Å². The average Bonchev–Trinajstić information content (AvgIpc) is 2.40. The van der Waals surface area contributed by atoms with E-state index in [2.05, 4.69) is 11.9 Å². The number of aliphatic carboxylic acids is 1. The van der Waals surface area contributed by atoms with Gasteiger partial charge in [0.2, 0.25) is 0 Å². The van der Waals surface area contributed by atoms with Crippen LogP contribution in [0.25, 0.3) is 0 Å². The maximum absolute atomic E-state index is 13.6. The van der Waals surface area contributed by atoms with Crippen LogP contribution in [0.3, 0.4) is 0 Å². The van der Waals surface area contributed by atoms with Crippen LogP contribution in [0.5, 0.6) is 0 Å². The van der Waals surface area contributed by atoms with Gasteiger partial charge in [0, 0.05) is 24.6 Å². The summed E-state index contributed by atoms with van der Waals surface area (Å²) in [5.74, 6) is -2.43. The van der Waals surface area contributed by atoms with Crippen molar-refractivity contribution in [3.05, 3.63) is 48.1 Å². The highest BCUT2D eigenvalue weighted by Crippen LogP contribution is 2.23. The molecule has 0 radical (unpaired) electrons. The molecule has 1 aromatic rings. The van der Waals surface area contributed by atoms with Crippen molar-refractivity contribution in [1.29, 1.82) is 0 Å². The minimum Gasteiger partial charge on any atom is -0.481 e. The molecule has 0 aliphatic carbocycles. The molecule has 110 valence electrons. The number of carbonyl (C=O) groups is 1. The molecule has 3 N–H and O–H groups in total. The van der Waals surface area contributed by atoms with E-state index >= 15 is 0 Å². The number of aliphatic hydroxyl groups is 1. The summed E-state index contributed by atoms with van der Waals surface area (Å²) in [4.78, 5) is 10.6. The zero-order valence-electron chi connectivity index (χ0n) is 10.9. The first-order valence-electron chi connectivity index (χ1n) is 6.14. The molecule has 0 amide bonds. The Labute approximate surface area is 115 Å². The summed E-state index contributed by atoms with van der Waals surface area (Å²) >= 11 is 0. The van der Waals surface area contributed by atoms with Crippen LogP contribution in [-0.2, 0) is 4.79 Å². The van der Waals surface area contributed by atoms with Crippen molar-refractivity contribution < 1.29 is 23.8 Å².